The first-order chi connectivity index (χ1) is 15.5. The second-order valence-corrected chi connectivity index (χ2v) is 9.35. The molecule has 3 heterocycles. The van der Waals surface area contributed by atoms with Gasteiger partial charge in [0.1, 0.15) is 6.04 Å². The summed E-state index contributed by atoms with van der Waals surface area (Å²) in [5.74, 6) is 0. The molecule has 0 bridgehead atoms. The van der Waals surface area contributed by atoms with Gasteiger partial charge in [-0.1, -0.05) is 28.1 Å². The number of anilines is 1. The molecule has 4 nitrogen and oxygen atoms in total. The van der Waals surface area contributed by atoms with E-state index < -0.39 is 0 Å². The van der Waals surface area contributed by atoms with Crippen molar-refractivity contribution in [3.8, 4) is 5.69 Å². The average Bonchev–Trinajstić information content (AvgIpc) is 3.41. The van der Waals surface area contributed by atoms with Gasteiger partial charge in [-0.15, -0.1) is 0 Å². The first-order valence-corrected chi connectivity index (χ1v) is 11.7. The summed E-state index contributed by atoms with van der Waals surface area (Å²) in [6.45, 7) is 4.27. The van der Waals surface area contributed by atoms with E-state index in [1.165, 1.54) is 11.1 Å². The Morgan fingerprint density at radius 3 is 2.41 bits per heavy atom. The second-order valence-electron chi connectivity index (χ2n) is 8.04. The lowest BCUT2D eigenvalue weighted by molar-refractivity contribution is 0.549. The van der Waals surface area contributed by atoms with Crippen LogP contribution in [0.1, 0.15) is 34.6 Å². The van der Waals surface area contributed by atoms with Crippen LogP contribution < -0.4 is 10.2 Å². The summed E-state index contributed by atoms with van der Waals surface area (Å²) < 4.78 is 3.29. The molecule has 1 fully saturated rings. The minimum atomic E-state index is -0.0746. The molecule has 6 heteroatoms. The van der Waals surface area contributed by atoms with Crippen molar-refractivity contribution in [3.05, 3.63) is 112 Å². The minimum absolute atomic E-state index is 0.0573. The third-order valence-electron chi connectivity index (χ3n) is 6.05. The van der Waals surface area contributed by atoms with Crippen molar-refractivity contribution in [1.82, 2.24) is 14.9 Å². The van der Waals surface area contributed by atoms with Gasteiger partial charge in [-0.25, -0.2) is 0 Å². The fourth-order valence-corrected chi connectivity index (χ4v) is 4.89. The minimum Gasteiger partial charge on any atom is -0.351 e. The first kappa shape index (κ1) is 20.9. The number of halogens is 1. The SMILES string of the molecule is Cc1ccc(N2C(=S)N[C@H](c3ccccn3)[C@H]2c2cccn2-c2ccc(Br)cc2)cc1C. The molecule has 1 aliphatic rings. The highest BCUT2D eigenvalue weighted by Crippen LogP contribution is 2.42. The number of hydrogen-bond donors (Lipinski definition) is 1. The van der Waals surface area contributed by atoms with Crippen molar-refractivity contribution in [2.75, 3.05) is 4.90 Å². The van der Waals surface area contributed by atoms with Gasteiger partial charge in [-0.05, 0) is 97.9 Å². The zero-order valence-corrected chi connectivity index (χ0v) is 20.3. The maximum atomic E-state index is 5.88. The highest BCUT2D eigenvalue weighted by molar-refractivity contribution is 9.10. The Morgan fingerprint density at radius 2 is 1.69 bits per heavy atom. The smallest absolute Gasteiger partial charge is 0.174 e. The Bertz CT molecular complexity index is 1270. The molecule has 0 saturated carbocycles. The van der Waals surface area contributed by atoms with Crippen LogP contribution in [0.25, 0.3) is 5.69 Å². The van der Waals surface area contributed by atoms with Crippen LogP contribution in [-0.2, 0) is 0 Å². The maximum absolute atomic E-state index is 5.88. The quantitative estimate of drug-likeness (QED) is 0.326. The molecule has 0 aliphatic carbocycles. The van der Waals surface area contributed by atoms with Crippen molar-refractivity contribution in [2.45, 2.75) is 25.9 Å². The maximum Gasteiger partial charge on any atom is 0.174 e. The van der Waals surface area contributed by atoms with E-state index in [1.807, 2.05) is 18.3 Å². The van der Waals surface area contributed by atoms with Gasteiger partial charge < -0.3 is 14.8 Å². The predicted octanol–water partition coefficient (Wildman–Crippen LogP) is 6.43. The van der Waals surface area contributed by atoms with E-state index in [9.17, 15) is 0 Å². The number of rotatable bonds is 4. The van der Waals surface area contributed by atoms with Crippen LogP contribution in [0.4, 0.5) is 5.69 Å². The number of nitrogens with one attached hydrogen (secondary N) is 1. The summed E-state index contributed by atoms with van der Waals surface area (Å²) in [6.07, 6.45) is 3.94. The summed E-state index contributed by atoms with van der Waals surface area (Å²) in [6, 6.07) is 25.0. The molecular weight excluding hydrogens is 480 g/mol. The predicted molar refractivity (Wildman–Crippen MR) is 137 cm³/mol. The average molecular weight is 503 g/mol. The van der Waals surface area contributed by atoms with Crippen molar-refractivity contribution in [1.29, 1.82) is 0 Å². The Kier molecular flexibility index (Phi) is 5.57. The van der Waals surface area contributed by atoms with Gasteiger partial charge in [0.25, 0.3) is 0 Å². The lowest BCUT2D eigenvalue weighted by Gasteiger charge is -2.29. The van der Waals surface area contributed by atoms with E-state index in [2.05, 4.69) is 116 Å². The van der Waals surface area contributed by atoms with Crippen molar-refractivity contribution >= 4 is 38.9 Å². The molecule has 0 radical (unpaired) electrons. The molecule has 2 aromatic carbocycles. The fraction of sp³-hybridized carbons (Fsp3) is 0.154. The van der Waals surface area contributed by atoms with Crippen molar-refractivity contribution in [2.24, 2.45) is 0 Å². The van der Waals surface area contributed by atoms with E-state index in [0.717, 1.165) is 27.2 Å². The molecule has 4 aromatic rings. The van der Waals surface area contributed by atoms with Crippen LogP contribution in [0.15, 0.2) is 89.7 Å². The molecule has 160 valence electrons. The van der Waals surface area contributed by atoms with Crippen molar-refractivity contribution in [3.63, 3.8) is 0 Å². The number of aromatic nitrogens is 2. The summed E-state index contributed by atoms with van der Waals surface area (Å²) in [5.41, 5.74) is 6.81. The standard InChI is InChI=1S/C26H23BrN4S/c1-17-8-11-21(16-18(17)2)31-25(24(29-26(31)32)22-6-3-4-14-28-22)23-7-5-15-30(23)20-12-9-19(27)10-13-20/h3-16,24-25H,1-2H3,(H,29,32)/t24-,25-/m1/s1. The van der Waals surface area contributed by atoms with Gasteiger partial charge >= 0.3 is 0 Å². The molecule has 1 N–H and O–H groups in total. The van der Waals surface area contributed by atoms with Crippen LogP contribution in [0.2, 0.25) is 0 Å². The van der Waals surface area contributed by atoms with E-state index in [0.29, 0.717) is 5.11 Å². The van der Waals surface area contributed by atoms with E-state index in [-0.39, 0.29) is 12.1 Å². The normalized spacial score (nSPS) is 18.1. The molecular formula is C26H23BrN4S. The van der Waals surface area contributed by atoms with Gasteiger partial charge in [0.05, 0.1) is 11.7 Å². The van der Waals surface area contributed by atoms with Crippen LogP contribution >= 0.6 is 28.1 Å². The molecule has 1 aliphatic heterocycles. The second kappa shape index (κ2) is 8.52. The lowest BCUT2D eigenvalue weighted by atomic mass is 10.00. The molecule has 1 saturated heterocycles. The molecule has 5 rings (SSSR count). The fourth-order valence-electron chi connectivity index (χ4n) is 4.28. The molecule has 0 amide bonds. The van der Waals surface area contributed by atoms with Crippen LogP contribution in [0.5, 0.6) is 0 Å². The number of pyridine rings is 1. The molecule has 2 atom stereocenters. The van der Waals surface area contributed by atoms with Gasteiger partial charge in [0.2, 0.25) is 0 Å². The van der Waals surface area contributed by atoms with Gasteiger partial charge in [-0.2, -0.15) is 0 Å². The lowest BCUT2D eigenvalue weighted by Crippen LogP contribution is -2.30. The van der Waals surface area contributed by atoms with Crippen LogP contribution in [0, 0.1) is 13.8 Å². The van der Waals surface area contributed by atoms with E-state index in [1.54, 1.807) is 0 Å². The Hall–Kier alpha value is -2.96. The summed E-state index contributed by atoms with van der Waals surface area (Å²) in [4.78, 5) is 6.89. The Balaban J connectivity index is 1.67. The van der Waals surface area contributed by atoms with Crippen molar-refractivity contribution < 1.29 is 0 Å². The highest BCUT2D eigenvalue weighted by Gasteiger charge is 2.42. The monoisotopic (exact) mass is 502 g/mol. The number of aryl methyl sites for hydroxylation is 2. The first-order valence-electron chi connectivity index (χ1n) is 10.5. The van der Waals surface area contributed by atoms with Crippen LogP contribution in [0.3, 0.4) is 0 Å². The van der Waals surface area contributed by atoms with E-state index >= 15 is 0 Å². The number of nitrogens with zero attached hydrogens (tertiary/aromatic N) is 3. The van der Waals surface area contributed by atoms with Crippen LogP contribution in [-0.4, -0.2) is 14.7 Å². The summed E-state index contributed by atoms with van der Waals surface area (Å²) in [5, 5.41) is 4.26. The third kappa shape index (κ3) is 3.74. The van der Waals surface area contributed by atoms with Gasteiger partial charge in [0, 0.05) is 33.9 Å². The van der Waals surface area contributed by atoms with Gasteiger partial charge in [0.15, 0.2) is 5.11 Å². The van der Waals surface area contributed by atoms with Gasteiger partial charge in [-0.3, -0.25) is 4.98 Å². The zero-order valence-electron chi connectivity index (χ0n) is 17.9. The van der Waals surface area contributed by atoms with E-state index in [4.69, 9.17) is 12.2 Å². The third-order valence-corrected chi connectivity index (χ3v) is 6.90. The molecule has 0 unspecified atom stereocenters. The Morgan fingerprint density at radius 1 is 0.906 bits per heavy atom. The largest absolute Gasteiger partial charge is 0.351 e. The number of benzene rings is 2. The molecule has 2 aromatic heterocycles. The highest BCUT2D eigenvalue weighted by atomic mass is 79.9. The number of hydrogen-bond acceptors (Lipinski definition) is 2. The molecule has 32 heavy (non-hydrogen) atoms. The zero-order chi connectivity index (χ0) is 22.2. The topological polar surface area (TPSA) is 33.1 Å². The Labute approximate surface area is 202 Å². The summed E-state index contributed by atoms with van der Waals surface area (Å²) in [7, 11) is 0. The molecule has 0 spiro atoms. The number of thiocarbonyl (C=S) groups is 1. The summed E-state index contributed by atoms with van der Waals surface area (Å²) >= 11 is 9.42.